The number of methoxy groups -OCH3 is 1. The molecule has 0 aliphatic carbocycles. The molecule has 1 aromatic rings. The number of likely N-dealkylation sites (tertiary alicyclic amines) is 1. The van der Waals surface area contributed by atoms with E-state index in [1.165, 1.54) is 0 Å². The van der Waals surface area contributed by atoms with Gasteiger partial charge in [0, 0.05) is 18.9 Å². The minimum absolute atomic E-state index is 0.113. The molecule has 0 saturated carbocycles. The van der Waals surface area contributed by atoms with Crippen LogP contribution >= 0.6 is 0 Å². The van der Waals surface area contributed by atoms with Gasteiger partial charge in [-0.25, -0.2) is 0 Å². The molecule has 1 aromatic carbocycles. The normalized spacial score (nSPS) is 27.5. The second kappa shape index (κ2) is 4.85. The molecule has 3 atom stereocenters. The van der Waals surface area contributed by atoms with Crippen LogP contribution < -0.4 is 4.74 Å². The van der Waals surface area contributed by atoms with Crippen LogP contribution in [0.15, 0.2) is 24.3 Å². The number of hydrogen-bond acceptors (Lipinski definition) is 3. The third-order valence-electron chi connectivity index (χ3n) is 4.14. The number of carbonyl (C=O) groups is 1. The lowest BCUT2D eigenvalue weighted by atomic mass is 10.1. The second-order valence-electron chi connectivity index (χ2n) is 5.33. The SMILES string of the molecule is COc1ccc(C(C)N2CC(C3CO3)CC2=O)cc1. The molecule has 0 radical (unpaired) electrons. The third kappa shape index (κ3) is 2.45. The van der Waals surface area contributed by atoms with Crippen molar-refractivity contribution < 1.29 is 14.3 Å². The van der Waals surface area contributed by atoms with Gasteiger partial charge < -0.3 is 14.4 Å². The molecule has 0 bridgehead atoms. The van der Waals surface area contributed by atoms with E-state index in [0.29, 0.717) is 18.4 Å². The molecule has 2 fully saturated rings. The zero-order chi connectivity index (χ0) is 13.4. The van der Waals surface area contributed by atoms with E-state index in [1.807, 2.05) is 29.2 Å². The lowest BCUT2D eigenvalue weighted by Crippen LogP contribution is -2.28. The van der Waals surface area contributed by atoms with Gasteiger partial charge >= 0.3 is 0 Å². The van der Waals surface area contributed by atoms with E-state index in [2.05, 4.69) is 6.92 Å². The van der Waals surface area contributed by atoms with Gasteiger partial charge in [-0.2, -0.15) is 0 Å². The van der Waals surface area contributed by atoms with Gasteiger partial charge in [-0.1, -0.05) is 12.1 Å². The maximum atomic E-state index is 12.1. The van der Waals surface area contributed by atoms with Gasteiger partial charge in [0.15, 0.2) is 0 Å². The Balaban J connectivity index is 1.71. The topological polar surface area (TPSA) is 42.1 Å². The largest absolute Gasteiger partial charge is 0.497 e. The maximum absolute atomic E-state index is 12.1. The maximum Gasteiger partial charge on any atom is 0.223 e. The number of benzene rings is 1. The van der Waals surface area contributed by atoms with E-state index >= 15 is 0 Å². The Kier molecular flexibility index (Phi) is 3.19. The van der Waals surface area contributed by atoms with Crippen molar-refractivity contribution in [3.63, 3.8) is 0 Å². The first-order valence-corrected chi connectivity index (χ1v) is 6.74. The summed E-state index contributed by atoms with van der Waals surface area (Å²) in [4.78, 5) is 14.1. The van der Waals surface area contributed by atoms with Crippen LogP contribution in [-0.2, 0) is 9.53 Å². The van der Waals surface area contributed by atoms with Crippen LogP contribution in [0.5, 0.6) is 5.75 Å². The molecule has 2 saturated heterocycles. The van der Waals surface area contributed by atoms with Crippen LogP contribution in [0.4, 0.5) is 0 Å². The highest BCUT2D eigenvalue weighted by atomic mass is 16.6. The lowest BCUT2D eigenvalue weighted by molar-refractivity contribution is -0.129. The molecule has 102 valence electrons. The number of amides is 1. The summed E-state index contributed by atoms with van der Waals surface area (Å²) in [5.74, 6) is 1.46. The predicted octanol–water partition coefficient (Wildman–Crippen LogP) is 2.00. The summed E-state index contributed by atoms with van der Waals surface area (Å²) in [6, 6.07) is 8.04. The van der Waals surface area contributed by atoms with Crippen molar-refractivity contribution in [2.24, 2.45) is 5.92 Å². The first-order chi connectivity index (χ1) is 9.19. The highest BCUT2D eigenvalue weighted by Gasteiger charge is 2.42. The molecule has 2 aliphatic heterocycles. The molecule has 1 amide bonds. The summed E-state index contributed by atoms with van der Waals surface area (Å²) >= 11 is 0. The average Bonchev–Trinajstić information content (AvgIpc) is 3.21. The number of carbonyl (C=O) groups excluding carboxylic acids is 1. The Morgan fingerprint density at radius 2 is 2.05 bits per heavy atom. The molecule has 2 heterocycles. The quantitative estimate of drug-likeness (QED) is 0.779. The third-order valence-corrected chi connectivity index (χ3v) is 4.14. The minimum atomic E-state index is 0.113. The summed E-state index contributed by atoms with van der Waals surface area (Å²) in [5, 5.41) is 0. The summed E-state index contributed by atoms with van der Waals surface area (Å²) in [7, 11) is 1.66. The van der Waals surface area contributed by atoms with E-state index < -0.39 is 0 Å². The summed E-state index contributed by atoms with van der Waals surface area (Å²) in [5.41, 5.74) is 1.14. The Hall–Kier alpha value is -1.55. The van der Waals surface area contributed by atoms with E-state index in [-0.39, 0.29) is 11.9 Å². The number of hydrogen-bond donors (Lipinski definition) is 0. The molecular formula is C15H19NO3. The molecule has 4 heteroatoms. The number of nitrogens with zero attached hydrogens (tertiary/aromatic N) is 1. The van der Waals surface area contributed by atoms with Crippen molar-refractivity contribution >= 4 is 5.91 Å². The van der Waals surface area contributed by atoms with Crippen molar-refractivity contribution in [1.82, 2.24) is 4.90 Å². The van der Waals surface area contributed by atoms with E-state index in [4.69, 9.17) is 9.47 Å². The van der Waals surface area contributed by atoms with Crippen molar-refractivity contribution in [2.75, 3.05) is 20.3 Å². The molecule has 4 nitrogen and oxygen atoms in total. The fraction of sp³-hybridized carbons (Fsp3) is 0.533. The predicted molar refractivity (Wildman–Crippen MR) is 71.0 cm³/mol. The van der Waals surface area contributed by atoms with Crippen molar-refractivity contribution in [1.29, 1.82) is 0 Å². The zero-order valence-electron chi connectivity index (χ0n) is 11.3. The standard InChI is InChI=1S/C15H19NO3/c1-10(11-3-5-13(18-2)6-4-11)16-8-12(7-15(16)17)14-9-19-14/h3-6,10,12,14H,7-9H2,1-2H3. The van der Waals surface area contributed by atoms with Gasteiger partial charge in [-0.15, -0.1) is 0 Å². The van der Waals surface area contributed by atoms with E-state index in [9.17, 15) is 4.79 Å². The molecule has 0 spiro atoms. The number of ether oxygens (including phenoxy) is 2. The lowest BCUT2D eigenvalue weighted by Gasteiger charge is -2.25. The van der Waals surface area contributed by atoms with Gasteiger partial charge in [0.25, 0.3) is 0 Å². The van der Waals surface area contributed by atoms with Crippen LogP contribution in [-0.4, -0.2) is 37.2 Å². The second-order valence-corrected chi connectivity index (χ2v) is 5.33. The first kappa shape index (κ1) is 12.5. The fourth-order valence-corrected chi connectivity index (χ4v) is 2.77. The van der Waals surface area contributed by atoms with Crippen LogP contribution in [0.1, 0.15) is 24.9 Å². The highest BCUT2D eigenvalue weighted by Crippen LogP contribution is 2.34. The molecule has 2 aliphatic rings. The monoisotopic (exact) mass is 261 g/mol. The van der Waals surface area contributed by atoms with Gasteiger partial charge in [0.1, 0.15) is 5.75 Å². The Morgan fingerprint density at radius 1 is 1.37 bits per heavy atom. The van der Waals surface area contributed by atoms with Gasteiger partial charge in [-0.3, -0.25) is 4.79 Å². The smallest absolute Gasteiger partial charge is 0.223 e. The van der Waals surface area contributed by atoms with Crippen LogP contribution in [0, 0.1) is 5.92 Å². The minimum Gasteiger partial charge on any atom is -0.497 e. The first-order valence-electron chi connectivity index (χ1n) is 6.74. The van der Waals surface area contributed by atoms with Crippen molar-refractivity contribution in [3.8, 4) is 5.75 Å². The Bertz CT molecular complexity index is 467. The van der Waals surface area contributed by atoms with Gasteiger partial charge in [-0.05, 0) is 24.6 Å². The highest BCUT2D eigenvalue weighted by molar-refractivity contribution is 5.79. The molecule has 3 rings (SSSR count). The summed E-state index contributed by atoms with van der Waals surface area (Å²) < 4.78 is 10.5. The fourth-order valence-electron chi connectivity index (χ4n) is 2.77. The Morgan fingerprint density at radius 3 is 2.63 bits per heavy atom. The molecule has 19 heavy (non-hydrogen) atoms. The number of epoxide rings is 1. The van der Waals surface area contributed by atoms with Crippen molar-refractivity contribution in [3.05, 3.63) is 29.8 Å². The van der Waals surface area contributed by atoms with Crippen LogP contribution in [0.3, 0.4) is 0 Å². The van der Waals surface area contributed by atoms with E-state index in [1.54, 1.807) is 7.11 Å². The van der Waals surface area contributed by atoms with Gasteiger partial charge in [0.05, 0.1) is 25.9 Å². The Labute approximate surface area is 113 Å². The van der Waals surface area contributed by atoms with Gasteiger partial charge in [0.2, 0.25) is 5.91 Å². The molecule has 3 unspecified atom stereocenters. The van der Waals surface area contributed by atoms with Crippen LogP contribution in [0.2, 0.25) is 0 Å². The zero-order valence-corrected chi connectivity index (χ0v) is 11.3. The molecule has 0 aromatic heterocycles. The van der Waals surface area contributed by atoms with Crippen LogP contribution in [0.25, 0.3) is 0 Å². The summed E-state index contributed by atoms with van der Waals surface area (Å²) in [6.07, 6.45) is 0.947. The summed E-state index contributed by atoms with van der Waals surface area (Å²) in [6.45, 7) is 3.72. The van der Waals surface area contributed by atoms with Crippen molar-refractivity contribution in [2.45, 2.75) is 25.5 Å². The van der Waals surface area contributed by atoms with E-state index in [0.717, 1.165) is 24.5 Å². The average molecular weight is 261 g/mol. The number of rotatable bonds is 4. The molecule has 0 N–H and O–H groups in total. The molecular weight excluding hydrogens is 242 g/mol.